The standard InChI is InChI=1S/C18H31NO2/c1-14-5-10-18(11-6-14,19(2)3)16(20)15-7-12-21-17(13-15)8-4-9-17/h14-15H,4-13H2,1-3H3. The van der Waals surface area contributed by atoms with Crippen molar-refractivity contribution >= 4 is 5.78 Å². The van der Waals surface area contributed by atoms with Crippen LogP contribution in [-0.4, -0.2) is 42.5 Å². The number of ketones is 1. The highest BCUT2D eigenvalue weighted by Gasteiger charge is 2.50. The highest BCUT2D eigenvalue weighted by Crippen LogP contribution is 2.47. The number of Topliss-reactive ketones (excluding diaryl/α,β-unsaturated/α-hetero) is 1. The maximum atomic E-state index is 13.4. The largest absolute Gasteiger partial charge is 0.375 e. The number of ether oxygens (including phenoxy) is 1. The van der Waals surface area contributed by atoms with Crippen LogP contribution in [0.15, 0.2) is 0 Å². The van der Waals surface area contributed by atoms with Crippen LogP contribution in [0.4, 0.5) is 0 Å². The first kappa shape index (κ1) is 15.5. The molecule has 3 aliphatic rings. The second-order valence-electron chi connectivity index (χ2n) is 8.05. The predicted molar refractivity (Wildman–Crippen MR) is 84.3 cm³/mol. The molecule has 3 fully saturated rings. The third kappa shape index (κ3) is 2.68. The zero-order chi connectivity index (χ0) is 15.1. The Bertz CT molecular complexity index is 392. The minimum atomic E-state index is -0.195. The quantitative estimate of drug-likeness (QED) is 0.798. The zero-order valence-corrected chi connectivity index (χ0v) is 14.0. The Morgan fingerprint density at radius 1 is 1.10 bits per heavy atom. The first-order valence-corrected chi connectivity index (χ1v) is 8.83. The van der Waals surface area contributed by atoms with Gasteiger partial charge < -0.3 is 4.74 Å². The fourth-order valence-electron chi connectivity index (χ4n) is 4.70. The lowest BCUT2D eigenvalue weighted by Gasteiger charge is -2.50. The Balaban J connectivity index is 1.75. The van der Waals surface area contributed by atoms with Gasteiger partial charge in [-0.15, -0.1) is 0 Å². The SMILES string of the molecule is CC1CCC(C(=O)C2CCOC3(CCC3)C2)(N(C)C)CC1. The fourth-order valence-corrected chi connectivity index (χ4v) is 4.70. The number of carbonyl (C=O) groups is 1. The van der Waals surface area contributed by atoms with Crippen LogP contribution in [0, 0.1) is 11.8 Å². The van der Waals surface area contributed by atoms with E-state index in [4.69, 9.17) is 4.74 Å². The van der Waals surface area contributed by atoms with Crippen molar-refractivity contribution in [2.75, 3.05) is 20.7 Å². The lowest BCUT2D eigenvalue weighted by atomic mass is 9.65. The highest BCUT2D eigenvalue weighted by molar-refractivity contribution is 5.90. The number of hydrogen-bond donors (Lipinski definition) is 0. The Morgan fingerprint density at radius 2 is 1.76 bits per heavy atom. The molecule has 0 radical (unpaired) electrons. The summed E-state index contributed by atoms with van der Waals surface area (Å²) in [5.41, 5.74) is -0.118. The number of likely N-dealkylation sites (N-methyl/N-ethyl adjacent to an activating group) is 1. The molecular formula is C18H31NO2. The molecule has 3 nitrogen and oxygen atoms in total. The normalized spacial score (nSPS) is 39.2. The number of nitrogens with zero attached hydrogens (tertiary/aromatic N) is 1. The van der Waals surface area contributed by atoms with Crippen molar-refractivity contribution in [1.29, 1.82) is 0 Å². The van der Waals surface area contributed by atoms with Crippen molar-refractivity contribution in [2.45, 2.75) is 75.9 Å². The summed E-state index contributed by atoms with van der Waals surface area (Å²) in [5.74, 6) is 1.53. The molecule has 21 heavy (non-hydrogen) atoms. The summed E-state index contributed by atoms with van der Waals surface area (Å²) in [7, 11) is 4.21. The van der Waals surface area contributed by atoms with Crippen LogP contribution < -0.4 is 0 Å². The molecule has 0 amide bonds. The van der Waals surface area contributed by atoms with Gasteiger partial charge in [0.15, 0.2) is 5.78 Å². The Morgan fingerprint density at radius 3 is 2.29 bits per heavy atom. The Labute approximate surface area is 129 Å². The fraction of sp³-hybridized carbons (Fsp3) is 0.944. The average Bonchev–Trinajstić information content (AvgIpc) is 2.46. The summed E-state index contributed by atoms with van der Waals surface area (Å²) in [6.45, 7) is 3.11. The van der Waals surface area contributed by atoms with E-state index in [-0.39, 0.29) is 17.1 Å². The second-order valence-corrected chi connectivity index (χ2v) is 8.05. The van der Waals surface area contributed by atoms with Crippen LogP contribution in [0.3, 0.4) is 0 Å². The Hall–Kier alpha value is -0.410. The minimum Gasteiger partial charge on any atom is -0.375 e. The van der Waals surface area contributed by atoms with Crippen LogP contribution >= 0.6 is 0 Å². The molecule has 0 aromatic heterocycles. The van der Waals surface area contributed by atoms with E-state index in [1.54, 1.807) is 0 Å². The van der Waals surface area contributed by atoms with Gasteiger partial charge in [-0.3, -0.25) is 9.69 Å². The van der Waals surface area contributed by atoms with Crippen molar-refractivity contribution in [2.24, 2.45) is 11.8 Å². The summed E-state index contributed by atoms with van der Waals surface area (Å²) in [6.07, 6.45) is 10.0. The monoisotopic (exact) mass is 293 g/mol. The van der Waals surface area contributed by atoms with E-state index in [1.165, 1.54) is 32.1 Å². The predicted octanol–water partition coefficient (Wildman–Crippen LogP) is 3.42. The lowest BCUT2D eigenvalue weighted by Crippen LogP contribution is -2.58. The van der Waals surface area contributed by atoms with E-state index >= 15 is 0 Å². The zero-order valence-electron chi connectivity index (χ0n) is 14.0. The van der Waals surface area contributed by atoms with E-state index in [0.717, 1.165) is 38.2 Å². The molecule has 0 bridgehead atoms. The van der Waals surface area contributed by atoms with Crippen molar-refractivity contribution in [3.05, 3.63) is 0 Å². The van der Waals surface area contributed by atoms with Gasteiger partial charge in [0.2, 0.25) is 0 Å². The third-order valence-corrected chi connectivity index (χ3v) is 6.54. The van der Waals surface area contributed by atoms with Crippen LogP contribution in [0.1, 0.15) is 64.7 Å². The first-order chi connectivity index (χ1) is 9.97. The van der Waals surface area contributed by atoms with Gasteiger partial charge in [0.25, 0.3) is 0 Å². The average molecular weight is 293 g/mol. The molecule has 0 aromatic rings. The molecule has 120 valence electrons. The molecule has 2 saturated carbocycles. The van der Waals surface area contributed by atoms with Gasteiger partial charge in [-0.2, -0.15) is 0 Å². The molecule has 1 heterocycles. The molecule has 0 aromatic carbocycles. The van der Waals surface area contributed by atoms with E-state index in [0.29, 0.717) is 5.78 Å². The van der Waals surface area contributed by atoms with Gasteiger partial charge in [0.1, 0.15) is 0 Å². The van der Waals surface area contributed by atoms with Gasteiger partial charge in [0, 0.05) is 12.5 Å². The molecular weight excluding hydrogens is 262 g/mol. The molecule has 1 unspecified atom stereocenters. The van der Waals surface area contributed by atoms with Crippen LogP contribution in [0.25, 0.3) is 0 Å². The van der Waals surface area contributed by atoms with Crippen LogP contribution in [0.2, 0.25) is 0 Å². The second kappa shape index (κ2) is 5.66. The van der Waals surface area contributed by atoms with Gasteiger partial charge in [0.05, 0.1) is 11.1 Å². The smallest absolute Gasteiger partial charge is 0.156 e. The third-order valence-electron chi connectivity index (χ3n) is 6.54. The van der Waals surface area contributed by atoms with Crippen LogP contribution in [0.5, 0.6) is 0 Å². The maximum Gasteiger partial charge on any atom is 0.156 e. The molecule has 1 atom stereocenters. The topological polar surface area (TPSA) is 29.5 Å². The van der Waals surface area contributed by atoms with Gasteiger partial charge >= 0.3 is 0 Å². The van der Waals surface area contributed by atoms with Crippen molar-refractivity contribution in [1.82, 2.24) is 4.90 Å². The van der Waals surface area contributed by atoms with Gasteiger partial charge in [-0.25, -0.2) is 0 Å². The van der Waals surface area contributed by atoms with Crippen molar-refractivity contribution < 1.29 is 9.53 Å². The Kier molecular flexibility index (Phi) is 4.17. The summed E-state index contributed by atoms with van der Waals surface area (Å²) in [4.78, 5) is 15.6. The van der Waals surface area contributed by atoms with Gasteiger partial charge in [-0.1, -0.05) is 6.92 Å². The molecule has 1 aliphatic heterocycles. The van der Waals surface area contributed by atoms with E-state index in [1.807, 2.05) is 0 Å². The molecule has 3 heteroatoms. The number of rotatable bonds is 3. The molecule has 1 spiro atoms. The maximum absolute atomic E-state index is 13.4. The number of hydrogen-bond acceptors (Lipinski definition) is 3. The summed E-state index contributed by atoms with van der Waals surface area (Å²) in [5, 5.41) is 0. The highest BCUT2D eigenvalue weighted by atomic mass is 16.5. The summed E-state index contributed by atoms with van der Waals surface area (Å²) < 4.78 is 6.01. The van der Waals surface area contributed by atoms with Crippen LogP contribution in [-0.2, 0) is 9.53 Å². The summed E-state index contributed by atoms with van der Waals surface area (Å²) in [6, 6.07) is 0. The molecule has 2 aliphatic carbocycles. The van der Waals surface area contributed by atoms with E-state index in [9.17, 15) is 4.79 Å². The first-order valence-electron chi connectivity index (χ1n) is 8.83. The van der Waals surface area contributed by atoms with E-state index < -0.39 is 0 Å². The minimum absolute atomic E-state index is 0.0774. The molecule has 1 saturated heterocycles. The van der Waals surface area contributed by atoms with Crippen molar-refractivity contribution in [3.63, 3.8) is 0 Å². The van der Waals surface area contributed by atoms with E-state index in [2.05, 4.69) is 25.9 Å². The summed E-state index contributed by atoms with van der Waals surface area (Å²) >= 11 is 0. The number of carbonyl (C=O) groups excluding carboxylic acids is 1. The lowest BCUT2D eigenvalue weighted by molar-refractivity contribution is -0.163. The molecule has 3 rings (SSSR count). The molecule has 0 N–H and O–H groups in total. The van der Waals surface area contributed by atoms with Crippen molar-refractivity contribution in [3.8, 4) is 0 Å². The van der Waals surface area contributed by atoms with Gasteiger partial charge in [-0.05, 0) is 77.8 Å².